The van der Waals surface area contributed by atoms with Crippen molar-refractivity contribution in [3.8, 4) is 0 Å². The van der Waals surface area contributed by atoms with Gasteiger partial charge in [0.1, 0.15) is 60.4 Å². The number of unbranched alkanes of at least 4 members (excludes halogenated alkanes) is 2. The molecule has 0 fully saturated rings. The minimum Gasteiger partial charge on any atom is -0.481 e. The Bertz CT molecular complexity index is 2890. The summed E-state index contributed by atoms with van der Waals surface area (Å²) >= 11 is 0. The molecule has 0 heterocycles. The van der Waals surface area contributed by atoms with E-state index >= 15 is 0 Å². The summed E-state index contributed by atoms with van der Waals surface area (Å²) < 4.78 is 0. The third kappa shape index (κ3) is 40.1. The number of carboxylic acid groups (broad SMARTS) is 5. The quantitative estimate of drug-likeness (QED) is 0.0153. The van der Waals surface area contributed by atoms with Crippen molar-refractivity contribution in [1.82, 2.24) is 53.2 Å². The molecule has 0 rings (SSSR count). The number of nitrogens with one attached hydrogen (secondary N) is 10. The van der Waals surface area contributed by atoms with Gasteiger partial charge in [-0.05, 0) is 122 Å². The Morgan fingerprint density at radius 1 is 0.314 bits per heavy atom. The maximum Gasteiger partial charge on any atom is 0.326 e. The Labute approximate surface area is 587 Å². The first-order valence-corrected chi connectivity index (χ1v) is 33.0. The van der Waals surface area contributed by atoms with Crippen LogP contribution < -0.4 is 105 Å². The summed E-state index contributed by atoms with van der Waals surface area (Å²) in [6.45, 7) is 4.03. The monoisotopic (exact) mass is 1460 g/mol. The van der Waals surface area contributed by atoms with Crippen LogP contribution in [-0.4, -0.2) is 243 Å². The molecular formula is C59H106N22O21. The van der Waals surface area contributed by atoms with E-state index in [-0.39, 0.29) is 102 Å². The minimum absolute atomic E-state index is 0.00103. The van der Waals surface area contributed by atoms with Gasteiger partial charge < -0.3 is 135 Å². The topological polar surface area (TPSA) is 769 Å². The number of aliphatic hydroxyl groups excluding tert-OH is 1. The molecule has 43 nitrogen and oxygen atoms in total. The average Bonchev–Trinajstić information content (AvgIpc) is 0.854. The first-order chi connectivity index (χ1) is 47.8. The fraction of sp³-hybridized carbons (Fsp3) is 0.695. The number of guanidine groups is 3. The standard InChI is InChI=1S/C59H106N22O21/c1-29(2)44(80-55(100)45(30(3)82)81-53(98)38(18-22-42(87)88)77-49(94)34(14-9-27-70-58(65)66)74-47(92)33(13-8-26-69-57(63)64)72-46(91)31(62)11-4-6-24-60)54(99)78-37(17-21-41(85)86)52(97)75-35(15-10-28-71-59(67)68)48(93)76-36(16-20-40(83)84)51(96)73-32(12-5-7-25-61)50(95)79-39(56(101)102)19-23-43(89)90/h29-39,44-45,82H,4-28,60-62H2,1-3H3,(H,72,91)(H,73,96)(H,74,92)(H,75,97)(H,76,93)(H,77,94)(H,78,99)(H,79,95)(H,80,100)(H,81,98)(H,83,84)(H,85,86)(H,87,88)(H,89,90)(H,101,102)(H4,63,64,69)(H4,65,66,70)(H4,67,68,71)/t30-,31+,32+,33+,34+,35+,36+,37+,38+,39+,44+,45+/m1/s1. The summed E-state index contributed by atoms with van der Waals surface area (Å²) in [5, 5.41) is 82.4. The molecule has 43 heteroatoms. The predicted molar refractivity (Wildman–Crippen MR) is 364 cm³/mol. The van der Waals surface area contributed by atoms with Crippen molar-refractivity contribution in [2.24, 2.45) is 72.5 Å². The van der Waals surface area contributed by atoms with Gasteiger partial charge in [-0.15, -0.1) is 0 Å². The maximum atomic E-state index is 14.3. The second-order valence-corrected chi connectivity index (χ2v) is 24.0. The summed E-state index contributed by atoms with van der Waals surface area (Å²) in [6, 6.07) is -18.4. The van der Waals surface area contributed by atoms with E-state index in [1.807, 2.05) is 0 Å². The number of rotatable bonds is 55. The summed E-state index contributed by atoms with van der Waals surface area (Å²) in [4.78, 5) is 211. The van der Waals surface area contributed by atoms with Crippen LogP contribution in [0.2, 0.25) is 0 Å². The van der Waals surface area contributed by atoms with E-state index in [2.05, 4.69) is 68.1 Å². The van der Waals surface area contributed by atoms with E-state index in [1.54, 1.807) is 0 Å². The first-order valence-electron chi connectivity index (χ1n) is 33.0. The van der Waals surface area contributed by atoms with Crippen molar-refractivity contribution in [2.75, 3.05) is 32.7 Å². The highest BCUT2D eigenvalue weighted by Gasteiger charge is 2.38. The van der Waals surface area contributed by atoms with Gasteiger partial charge in [0.05, 0.1) is 12.1 Å². The van der Waals surface area contributed by atoms with Crippen molar-refractivity contribution in [2.45, 2.75) is 222 Å². The number of carbonyl (C=O) groups is 15. The molecule has 102 heavy (non-hydrogen) atoms. The molecule has 0 bridgehead atoms. The molecule has 0 aromatic rings. The third-order valence-corrected chi connectivity index (χ3v) is 15.0. The molecule has 0 aliphatic heterocycles. The highest BCUT2D eigenvalue weighted by atomic mass is 16.4. The number of aliphatic carboxylic acids is 5. The predicted octanol–water partition coefficient (Wildman–Crippen LogP) is -8.84. The molecule has 0 aliphatic rings. The first kappa shape index (κ1) is 91.7. The second-order valence-electron chi connectivity index (χ2n) is 24.0. The van der Waals surface area contributed by atoms with Gasteiger partial charge >= 0.3 is 29.8 Å². The van der Waals surface area contributed by atoms with Crippen LogP contribution in [-0.2, 0) is 71.9 Å². The van der Waals surface area contributed by atoms with Gasteiger partial charge in [0, 0.05) is 45.3 Å². The van der Waals surface area contributed by atoms with Crippen LogP contribution in [0.1, 0.15) is 149 Å². The van der Waals surface area contributed by atoms with E-state index in [1.165, 1.54) is 13.8 Å². The van der Waals surface area contributed by atoms with E-state index in [9.17, 15) is 97.5 Å². The largest absolute Gasteiger partial charge is 0.481 e. The second kappa shape index (κ2) is 50.1. The summed E-state index contributed by atoms with van der Waals surface area (Å²) in [7, 11) is 0. The van der Waals surface area contributed by atoms with Crippen LogP contribution in [0.5, 0.6) is 0 Å². The zero-order chi connectivity index (χ0) is 77.8. The average molecular weight is 1460 g/mol. The highest BCUT2D eigenvalue weighted by Crippen LogP contribution is 2.13. The third-order valence-electron chi connectivity index (χ3n) is 15.0. The highest BCUT2D eigenvalue weighted by molar-refractivity contribution is 5.99. The smallest absolute Gasteiger partial charge is 0.326 e. The summed E-state index contributed by atoms with van der Waals surface area (Å²) in [5.41, 5.74) is 50.1. The molecule has 0 saturated heterocycles. The number of amides is 10. The number of nitrogens with zero attached hydrogens (tertiary/aromatic N) is 3. The lowest BCUT2D eigenvalue weighted by molar-refractivity contribution is -0.143. The number of hydrogen-bond acceptors (Lipinski definition) is 22. The Hall–Kier alpha value is -10.3. The van der Waals surface area contributed by atoms with Crippen molar-refractivity contribution in [1.29, 1.82) is 0 Å². The van der Waals surface area contributed by atoms with Gasteiger partial charge in [-0.3, -0.25) is 82.1 Å². The zero-order valence-electron chi connectivity index (χ0n) is 57.5. The van der Waals surface area contributed by atoms with Gasteiger partial charge in [0.25, 0.3) is 0 Å². The number of hydrogen-bond donors (Lipinski definition) is 25. The number of aliphatic imine (C=N–C) groups is 3. The van der Waals surface area contributed by atoms with E-state index in [4.69, 9.17) is 56.7 Å². The Balaban J connectivity index is 7.29. The van der Waals surface area contributed by atoms with E-state index in [0.717, 1.165) is 6.92 Å². The maximum absolute atomic E-state index is 14.3. The van der Waals surface area contributed by atoms with Gasteiger partial charge in [0.15, 0.2) is 17.9 Å². The lowest BCUT2D eigenvalue weighted by Gasteiger charge is -2.30. The molecule has 0 aromatic carbocycles. The SMILES string of the molecule is CC(C)[C@H](NC(=O)[C@@H](NC(=O)[C@H](CCC(=O)O)NC(=O)[C@H](CCCN=C(N)N)NC(=O)[C@H](CCCN=C(N)N)NC(=O)[C@@H](N)CCCCN)[C@@H](C)O)C(=O)N[C@@H](CCC(=O)O)C(=O)N[C@@H](CCCN=C(N)N)C(=O)N[C@@H](CCC(=O)O)C(=O)N[C@@H](CCCCN)C(=O)N[C@@H](CCC(=O)O)C(=O)O. The van der Waals surface area contributed by atoms with Gasteiger partial charge in [0.2, 0.25) is 59.1 Å². The molecule has 578 valence electrons. The van der Waals surface area contributed by atoms with Gasteiger partial charge in [-0.1, -0.05) is 20.3 Å². The fourth-order valence-electron chi connectivity index (χ4n) is 9.46. The Kier molecular flexibility index (Phi) is 45.0. The number of carboxylic acids is 5. The van der Waals surface area contributed by atoms with Crippen LogP contribution in [0.4, 0.5) is 0 Å². The number of nitrogens with two attached hydrogens (primary N) is 9. The van der Waals surface area contributed by atoms with E-state index < -0.39 is 219 Å². The van der Waals surface area contributed by atoms with Crippen LogP contribution >= 0.6 is 0 Å². The van der Waals surface area contributed by atoms with Crippen LogP contribution in [0.15, 0.2) is 15.0 Å². The fourth-order valence-corrected chi connectivity index (χ4v) is 9.46. The van der Waals surface area contributed by atoms with Crippen molar-refractivity contribution >= 4 is 107 Å². The molecule has 0 aliphatic carbocycles. The molecule has 0 unspecified atom stereocenters. The van der Waals surface area contributed by atoms with Crippen LogP contribution in [0.25, 0.3) is 0 Å². The molecule has 0 radical (unpaired) electrons. The van der Waals surface area contributed by atoms with Gasteiger partial charge in [-0.25, -0.2) is 4.79 Å². The molecule has 0 saturated carbocycles. The molecular weight excluding hydrogens is 1350 g/mol. The number of aliphatic hydroxyl groups is 1. The Morgan fingerprint density at radius 2 is 0.559 bits per heavy atom. The van der Waals surface area contributed by atoms with Gasteiger partial charge in [-0.2, -0.15) is 0 Å². The van der Waals surface area contributed by atoms with Crippen molar-refractivity contribution in [3.05, 3.63) is 0 Å². The zero-order valence-corrected chi connectivity index (χ0v) is 57.5. The summed E-state index contributed by atoms with van der Waals surface area (Å²) in [6.07, 6.45) is -6.72. The molecule has 34 N–H and O–H groups in total. The lowest BCUT2D eigenvalue weighted by atomic mass is 10.0. The molecule has 12 atom stereocenters. The van der Waals surface area contributed by atoms with E-state index in [0.29, 0.717) is 25.8 Å². The minimum atomic E-state index is -2.03. The molecule has 0 spiro atoms. The van der Waals surface area contributed by atoms with Crippen molar-refractivity contribution in [3.63, 3.8) is 0 Å². The van der Waals surface area contributed by atoms with Crippen LogP contribution in [0, 0.1) is 5.92 Å². The van der Waals surface area contributed by atoms with Crippen LogP contribution in [0.3, 0.4) is 0 Å². The van der Waals surface area contributed by atoms with Crippen molar-refractivity contribution < 1.29 is 103 Å². The molecule has 0 aromatic heterocycles. The lowest BCUT2D eigenvalue weighted by Crippen LogP contribution is -2.62. The molecule has 10 amide bonds. The Morgan fingerprint density at radius 3 is 0.843 bits per heavy atom. The summed E-state index contributed by atoms with van der Waals surface area (Å²) in [5.74, 6) is -20.6. The normalized spacial score (nSPS) is 14.5. The number of carbonyl (C=O) groups excluding carboxylic acids is 10.